The van der Waals surface area contributed by atoms with Gasteiger partial charge in [0.1, 0.15) is 5.76 Å². The molecule has 0 radical (unpaired) electrons. The first-order chi connectivity index (χ1) is 9.67. The molecule has 106 valence electrons. The number of likely N-dealkylation sites (N-methyl/N-ethyl adjacent to an activating group) is 1. The molecule has 0 spiro atoms. The molecule has 1 amide bonds. The van der Waals surface area contributed by atoms with Gasteiger partial charge < -0.3 is 15.5 Å². The Hall–Kier alpha value is -2.27. The molecule has 0 saturated heterocycles. The highest BCUT2D eigenvalue weighted by Gasteiger charge is 2.11. The SMILES string of the molecule is CCN(CC(=O)Nc1cccc(N)c1)Cc1ccco1. The number of carbonyl (C=O) groups excluding carboxylic acids is 1. The van der Waals surface area contributed by atoms with Crippen LogP contribution in [0.25, 0.3) is 0 Å². The first-order valence-corrected chi connectivity index (χ1v) is 6.57. The lowest BCUT2D eigenvalue weighted by atomic mass is 10.3. The number of hydrogen-bond acceptors (Lipinski definition) is 4. The third-order valence-electron chi connectivity index (χ3n) is 2.94. The minimum absolute atomic E-state index is 0.0657. The van der Waals surface area contributed by atoms with Crippen molar-refractivity contribution in [1.82, 2.24) is 4.90 Å². The van der Waals surface area contributed by atoms with E-state index in [-0.39, 0.29) is 5.91 Å². The largest absolute Gasteiger partial charge is 0.468 e. The number of benzene rings is 1. The molecular formula is C15H19N3O2. The normalized spacial score (nSPS) is 10.7. The predicted molar refractivity (Wildman–Crippen MR) is 79.1 cm³/mol. The van der Waals surface area contributed by atoms with Crippen molar-refractivity contribution in [2.24, 2.45) is 0 Å². The number of rotatable bonds is 6. The fraction of sp³-hybridized carbons (Fsp3) is 0.267. The molecule has 1 heterocycles. The number of nitrogens with one attached hydrogen (secondary N) is 1. The average molecular weight is 273 g/mol. The maximum Gasteiger partial charge on any atom is 0.238 e. The molecule has 0 aliphatic carbocycles. The molecule has 2 rings (SSSR count). The number of amides is 1. The Morgan fingerprint density at radius 2 is 2.20 bits per heavy atom. The maximum absolute atomic E-state index is 12.0. The Balaban J connectivity index is 1.89. The summed E-state index contributed by atoms with van der Waals surface area (Å²) in [7, 11) is 0. The third-order valence-corrected chi connectivity index (χ3v) is 2.94. The second-order valence-electron chi connectivity index (χ2n) is 4.56. The summed E-state index contributed by atoms with van der Waals surface area (Å²) in [5.41, 5.74) is 7.02. The van der Waals surface area contributed by atoms with E-state index in [0.717, 1.165) is 12.3 Å². The summed E-state index contributed by atoms with van der Waals surface area (Å²) >= 11 is 0. The quantitative estimate of drug-likeness (QED) is 0.792. The molecular weight excluding hydrogens is 254 g/mol. The van der Waals surface area contributed by atoms with Crippen LogP contribution in [0, 0.1) is 0 Å². The van der Waals surface area contributed by atoms with Gasteiger partial charge in [-0.1, -0.05) is 13.0 Å². The summed E-state index contributed by atoms with van der Waals surface area (Å²) in [6, 6.07) is 10.9. The highest BCUT2D eigenvalue weighted by molar-refractivity contribution is 5.92. The minimum atomic E-state index is -0.0657. The van der Waals surface area contributed by atoms with Crippen LogP contribution in [0.5, 0.6) is 0 Å². The van der Waals surface area contributed by atoms with Gasteiger partial charge in [-0.25, -0.2) is 0 Å². The van der Waals surface area contributed by atoms with Gasteiger partial charge in [0.05, 0.1) is 19.4 Å². The Morgan fingerprint density at radius 1 is 1.35 bits per heavy atom. The van der Waals surface area contributed by atoms with E-state index in [1.807, 2.05) is 36.1 Å². The molecule has 0 fully saturated rings. The summed E-state index contributed by atoms with van der Waals surface area (Å²) in [4.78, 5) is 14.0. The van der Waals surface area contributed by atoms with Crippen molar-refractivity contribution in [3.63, 3.8) is 0 Å². The van der Waals surface area contributed by atoms with Crippen LogP contribution in [0.1, 0.15) is 12.7 Å². The number of hydrogen-bond donors (Lipinski definition) is 2. The van der Waals surface area contributed by atoms with E-state index in [9.17, 15) is 4.79 Å². The fourth-order valence-electron chi connectivity index (χ4n) is 1.92. The van der Waals surface area contributed by atoms with Crippen LogP contribution >= 0.6 is 0 Å². The second kappa shape index (κ2) is 6.77. The Kier molecular flexibility index (Phi) is 4.79. The van der Waals surface area contributed by atoms with Crippen LogP contribution in [-0.2, 0) is 11.3 Å². The zero-order valence-electron chi connectivity index (χ0n) is 11.5. The average Bonchev–Trinajstić information content (AvgIpc) is 2.90. The van der Waals surface area contributed by atoms with E-state index < -0.39 is 0 Å². The summed E-state index contributed by atoms with van der Waals surface area (Å²) in [5.74, 6) is 0.785. The predicted octanol–water partition coefficient (Wildman–Crippen LogP) is 2.32. The van der Waals surface area contributed by atoms with Crippen molar-refractivity contribution in [3.05, 3.63) is 48.4 Å². The van der Waals surface area contributed by atoms with Gasteiger partial charge in [0, 0.05) is 11.4 Å². The smallest absolute Gasteiger partial charge is 0.238 e. The van der Waals surface area contributed by atoms with Crippen molar-refractivity contribution < 1.29 is 9.21 Å². The molecule has 20 heavy (non-hydrogen) atoms. The molecule has 0 aliphatic heterocycles. The Bertz CT molecular complexity index is 552. The molecule has 1 aromatic carbocycles. The molecule has 0 unspecified atom stereocenters. The molecule has 2 aromatic rings. The standard InChI is InChI=1S/C15H19N3O2/c1-2-18(10-14-7-4-8-20-14)11-15(19)17-13-6-3-5-12(16)9-13/h3-9H,2,10-11,16H2,1H3,(H,17,19). The highest BCUT2D eigenvalue weighted by atomic mass is 16.3. The van der Waals surface area contributed by atoms with Crippen molar-refractivity contribution >= 4 is 17.3 Å². The summed E-state index contributed by atoms with van der Waals surface area (Å²) < 4.78 is 5.29. The zero-order valence-corrected chi connectivity index (χ0v) is 11.5. The number of nitrogens with zero attached hydrogens (tertiary/aromatic N) is 1. The third kappa shape index (κ3) is 4.13. The van der Waals surface area contributed by atoms with E-state index in [4.69, 9.17) is 10.2 Å². The number of anilines is 2. The molecule has 1 aromatic heterocycles. The first-order valence-electron chi connectivity index (χ1n) is 6.57. The van der Waals surface area contributed by atoms with Crippen molar-refractivity contribution in [2.45, 2.75) is 13.5 Å². The van der Waals surface area contributed by atoms with Gasteiger partial charge >= 0.3 is 0 Å². The summed E-state index contributed by atoms with van der Waals surface area (Å²) in [5, 5.41) is 2.84. The lowest BCUT2D eigenvalue weighted by molar-refractivity contribution is -0.117. The van der Waals surface area contributed by atoms with Crippen LogP contribution in [-0.4, -0.2) is 23.9 Å². The Morgan fingerprint density at radius 3 is 2.85 bits per heavy atom. The van der Waals surface area contributed by atoms with E-state index in [1.54, 1.807) is 18.4 Å². The molecule has 0 atom stereocenters. The van der Waals surface area contributed by atoms with Crippen LogP contribution in [0.3, 0.4) is 0 Å². The lowest BCUT2D eigenvalue weighted by Crippen LogP contribution is -2.32. The van der Waals surface area contributed by atoms with Crippen LogP contribution in [0.2, 0.25) is 0 Å². The molecule has 3 N–H and O–H groups in total. The van der Waals surface area contributed by atoms with Gasteiger partial charge in [-0.05, 0) is 36.9 Å². The molecule has 5 heteroatoms. The van der Waals surface area contributed by atoms with E-state index in [2.05, 4.69) is 5.32 Å². The van der Waals surface area contributed by atoms with Gasteiger partial charge in [-0.2, -0.15) is 0 Å². The number of furan rings is 1. The van der Waals surface area contributed by atoms with Crippen molar-refractivity contribution in [3.8, 4) is 0 Å². The van der Waals surface area contributed by atoms with Gasteiger partial charge in [-0.3, -0.25) is 9.69 Å². The van der Waals surface area contributed by atoms with E-state index in [0.29, 0.717) is 24.5 Å². The molecule has 0 aliphatic rings. The number of nitrogens with two attached hydrogens (primary N) is 1. The monoisotopic (exact) mass is 273 g/mol. The van der Waals surface area contributed by atoms with Gasteiger partial charge in [0.25, 0.3) is 0 Å². The van der Waals surface area contributed by atoms with Gasteiger partial charge in [-0.15, -0.1) is 0 Å². The molecule has 0 saturated carbocycles. The minimum Gasteiger partial charge on any atom is -0.468 e. The first kappa shape index (κ1) is 14.1. The van der Waals surface area contributed by atoms with Crippen LogP contribution in [0.15, 0.2) is 47.1 Å². The summed E-state index contributed by atoms with van der Waals surface area (Å²) in [6.07, 6.45) is 1.63. The van der Waals surface area contributed by atoms with Crippen LogP contribution < -0.4 is 11.1 Å². The Labute approximate surface area is 118 Å². The zero-order chi connectivity index (χ0) is 14.4. The fourth-order valence-corrected chi connectivity index (χ4v) is 1.92. The van der Waals surface area contributed by atoms with Crippen molar-refractivity contribution in [1.29, 1.82) is 0 Å². The topological polar surface area (TPSA) is 71.5 Å². The highest BCUT2D eigenvalue weighted by Crippen LogP contribution is 2.12. The molecule has 5 nitrogen and oxygen atoms in total. The maximum atomic E-state index is 12.0. The van der Waals surface area contributed by atoms with E-state index in [1.165, 1.54) is 0 Å². The van der Waals surface area contributed by atoms with Crippen molar-refractivity contribution in [2.75, 3.05) is 24.1 Å². The number of nitrogen functional groups attached to an aromatic ring is 1. The van der Waals surface area contributed by atoms with Gasteiger partial charge in [0.2, 0.25) is 5.91 Å². The lowest BCUT2D eigenvalue weighted by Gasteiger charge is -2.18. The van der Waals surface area contributed by atoms with E-state index >= 15 is 0 Å². The summed E-state index contributed by atoms with van der Waals surface area (Å²) in [6.45, 7) is 3.71. The number of carbonyl (C=O) groups is 1. The van der Waals surface area contributed by atoms with Crippen LogP contribution in [0.4, 0.5) is 11.4 Å². The second-order valence-corrected chi connectivity index (χ2v) is 4.56. The molecule has 0 bridgehead atoms. The van der Waals surface area contributed by atoms with Gasteiger partial charge in [0.15, 0.2) is 0 Å².